The van der Waals surface area contributed by atoms with Crippen LogP contribution >= 0.6 is 15.9 Å². The normalized spacial score (nSPS) is 14.4. The Kier molecular flexibility index (Phi) is 2.78. The second-order valence-electron chi connectivity index (χ2n) is 3.80. The van der Waals surface area contributed by atoms with E-state index in [1.807, 2.05) is 13.8 Å². The van der Waals surface area contributed by atoms with Gasteiger partial charge >= 0.3 is 0 Å². The zero-order valence-electron chi connectivity index (χ0n) is 8.71. The third-order valence-electron chi connectivity index (χ3n) is 2.37. The quantitative estimate of drug-likeness (QED) is 0.854. The third kappa shape index (κ3) is 1.78. The van der Waals surface area contributed by atoms with E-state index >= 15 is 0 Å². The van der Waals surface area contributed by atoms with Gasteiger partial charge in [-0.25, -0.2) is 0 Å². The molecule has 0 aromatic heterocycles. The maximum atomic E-state index is 9.94. The Morgan fingerprint density at radius 3 is 2.67 bits per heavy atom. The fraction of sp³-hybridized carbons (Fsp3) is 0.455. The number of phenols is 1. The zero-order valence-corrected chi connectivity index (χ0v) is 10.3. The summed E-state index contributed by atoms with van der Waals surface area (Å²) in [5.74, 6) is 1.82. The number of rotatable bonds is 1. The van der Waals surface area contributed by atoms with Gasteiger partial charge in [0.2, 0.25) is 0 Å². The molecule has 0 amide bonds. The van der Waals surface area contributed by atoms with Gasteiger partial charge in [0.25, 0.3) is 0 Å². The largest absolute Gasteiger partial charge is 0.506 e. The second-order valence-corrected chi connectivity index (χ2v) is 4.65. The van der Waals surface area contributed by atoms with Crippen molar-refractivity contribution in [3.05, 3.63) is 16.1 Å². The van der Waals surface area contributed by atoms with Gasteiger partial charge in [-0.3, -0.25) is 0 Å². The van der Waals surface area contributed by atoms with Gasteiger partial charge in [0.05, 0.1) is 4.47 Å². The first kappa shape index (κ1) is 10.6. The lowest BCUT2D eigenvalue weighted by Crippen LogP contribution is -2.17. The minimum absolute atomic E-state index is 0.193. The molecule has 4 heteroatoms. The van der Waals surface area contributed by atoms with Crippen LogP contribution in [0.3, 0.4) is 0 Å². The highest BCUT2D eigenvalue weighted by Gasteiger charge is 2.23. The van der Waals surface area contributed by atoms with Crippen molar-refractivity contribution in [2.24, 2.45) is 0 Å². The Bertz CT molecular complexity index is 388. The molecule has 1 aliphatic rings. The monoisotopic (exact) mass is 272 g/mol. The van der Waals surface area contributed by atoms with E-state index in [0.29, 0.717) is 29.2 Å². The van der Waals surface area contributed by atoms with E-state index in [2.05, 4.69) is 15.9 Å². The molecule has 3 nitrogen and oxygen atoms in total. The molecule has 0 fully saturated rings. The molecule has 2 rings (SSSR count). The van der Waals surface area contributed by atoms with E-state index in [9.17, 15) is 5.11 Å². The maximum absolute atomic E-state index is 9.94. The molecular weight excluding hydrogens is 260 g/mol. The molecule has 1 aromatic carbocycles. The van der Waals surface area contributed by atoms with Crippen LogP contribution in [0.15, 0.2) is 10.5 Å². The Hall–Kier alpha value is -0.900. The van der Waals surface area contributed by atoms with Crippen molar-refractivity contribution in [3.8, 4) is 17.2 Å². The molecule has 1 aliphatic heterocycles. The number of ether oxygens (including phenoxy) is 2. The van der Waals surface area contributed by atoms with Gasteiger partial charge in [-0.15, -0.1) is 0 Å². The second kappa shape index (κ2) is 3.93. The first-order valence-corrected chi connectivity index (χ1v) is 5.71. The molecule has 15 heavy (non-hydrogen) atoms. The number of hydrogen-bond acceptors (Lipinski definition) is 3. The summed E-state index contributed by atoms with van der Waals surface area (Å²) in [5, 5.41) is 9.94. The lowest BCUT2D eigenvalue weighted by molar-refractivity contribution is 0.168. The van der Waals surface area contributed by atoms with Crippen molar-refractivity contribution in [3.63, 3.8) is 0 Å². The van der Waals surface area contributed by atoms with Crippen LogP contribution in [0.4, 0.5) is 0 Å². The molecular formula is C11H13BrO3. The maximum Gasteiger partial charge on any atom is 0.168 e. The Balaban J connectivity index is 2.63. The van der Waals surface area contributed by atoms with Crippen LogP contribution in [0.2, 0.25) is 0 Å². The molecule has 0 aliphatic carbocycles. The van der Waals surface area contributed by atoms with Crippen molar-refractivity contribution in [2.75, 3.05) is 13.2 Å². The molecule has 0 atom stereocenters. The van der Waals surface area contributed by atoms with E-state index in [4.69, 9.17) is 9.47 Å². The molecule has 0 unspecified atom stereocenters. The van der Waals surface area contributed by atoms with Crippen LogP contribution in [-0.2, 0) is 0 Å². The van der Waals surface area contributed by atoms with Gasteiger partial charge in [0, 0.05) is 11.6 Å². The predicted octanol–water partition coefficient (Wildman–Crippen LogP) is 3.05. The van der Waals surface area contributed by atoms with Crippen LogP contribution in [0.25, 0.3) is 0 Å². The smallest absolute Gasteiger partial charge is 0.168 e. The number of hydrogen-bond donors (Lipinski definition) is 1. The highest BCUT2D eigenvalue weighted by atomic mass is 79.9. The fourth-order valence-electron chi connectivity index (χ4n) is 1.70. The number of phenolic OH excluding ortho intramolecular Hbond substituents is 1. The van der Waals surface area contributed by atoms with E-state index in [-0.39, 0.29) is 11.7 Å². The number of fused-ring (bicyclic) bond motifs is 1. The van der Waals surface area contributed by atoms with Crippen LogP contribution < -0.4 is 9.47 Å². The van der Waals surface area contributed by atoms with Crippen molar-refractivity contribution in [1.29, 1.82) is 0 Å². The van der Waals surface area contributed by atoms with Gasteiger partial charge < -0.3 is 14.6 Å². The molecule has 0 radical (unpaired) electrons. The van der Waals surface area contributed by atoms with Crippen LogP contribution in [-0.4, -0.2) is 18.3 Å². The zero-order chi connectivity index (χ0) is 11.0. The topological polar surface area (TPSA) is 38.7 Å². The highest BCUT2D eigenvalue weighted by Crippen LogP contribution is 2.46. The Labute approximate surface area is 97.1 Å². The van der Waals surface area contributed by atoms with Crippen LogP contribution in [0.5, 0.6) is 17.2 Å². The predicted molar refractivity (Wildman–Crippen MR) is 60.9 cm³/mol. The number of aromatic hydroxyl groups is 1. The average molecular weight is 273 g/mol. The summed E-state index contributed by atoms with van der Waals surface area (Å²) in [5.41, 5.74) is 0.805. The molecule has 1 aromatic rings. The minimum Gasteiger partial charge on any atom is -0.506 e. The summed E-state index contributed by atoms with van der Waals surface area (Å²) >= 11 is 3.31. The molecule has 0 bridgehead atoms. The molecule has 0 spiro atoms. The van der Waals surface area contributed by atoms with Crippen molar-refractivity contribution in [2.45, 2.75) is 19.8 Å². The van der Waals surface area contributed by atoms with Gasteiger partial charge in [0.15, 0.2) is 11.5 Å². The summed E-state index contributed by atoms with van der Waals surface area (Å²) in [6.07, 6.45) is 0. The molecule has 1 heterocycles. The third-order valence-corrected chi connectivity index (χ3v) is 2.98. The summed E-state index contributed by atoms with van der Waals surface area (Å²) in [4.78, 5) is 0. The summed E-state index contributed by atoms with van der Waals surface area (Å²) < 4.78 is 11.7. The lowest BCUT2D eigenvalue weighted by atomic mass is 10.00. The van der Waals surface area contributed by atoms with Gasteiger partial charge in [-0.2, -0.15) is 0 Å². The first-order valence-electron chi connectivity index (χ1n) is 4.92. The van der Waals surface area contributed by atoms with Gasteiger partial charge in [0.1, 0.15) is 19.0 Å². The van der Waals surface area contributed by atoms with E-state index in [1.165, 1.54) is 0 Å². The summed E-state index contributed by atoms with van der Waals surface area (Å²) in [7, 11) is 0. The average Bonchev–Trinajstić information content (AvgIpc) is 2.19. The standard InChI is InChI=1S/C11H13BrO3/c1-6(2)9-10(13)7(12)5-8-11(9)15-4-3-14-8/h5-6,13H,3-4H2,1-2H3. The Morgan fingerprint density at radius 2 is 2.00 bits per heavy atom. The van der Waals surface area contributed by atoms with Gasteiger partial charge in [-0.05, 0) is 21.8 Å². The van der Waals surface area contributed by atoms with E-state index < -0.39 is 0 Å². The number of halogens is 1. The Morgan fingerprint density at radius 1 is 1.33 bits per heavy atom. The number of benzene rings is 1. The van der Waals surface area contributed by atoms with E-state index in [0.717, 1.165) is 5.56 Å². The SMILES string of the molecule is CC(C)c1c(O)c(Br)cc2c1OCCO2. The molecule has 82 valence electrons. The van der Waals surface area contributed by atoms with Gasteiger partial charge in [-0.1, -0.05) is 13.8 Å². The minimum atomic E-state index is 0.193. The summed E-state index contributed by atoms with van der Waals surface area (Å²) in [6, 6.07) is 1.75. The fourth-order valence-corrected chi connectivity index (χ4v) is 2.13. The molecule has 0 saturated heterocycles. The first-order chi connectivity index (χ1) is 7.11. The van der Waals surface area contributed by atoms with E-state index in [1.54, 1.807) is 6.07 Å². The van der Waals surface area contributed by atoms with Crippen LogP contribution in [0, 0.1) is 0 Å². The molecule has 0 saturated carbocycles. The van der Waals surface area contributed by atoms with Crippen molar-refractivity contribution in [1.82, 2.24) is 0 Å². The highest BCUT2D eigenvalue weighted by molar-refractivity contribution is 9.10. The lowest BCUT2D eigenvalue weighted by Gasteiger charge is -2.24. The summed E-state index contributed by atoms with van der Waals surface area (Å²) in [6.45, 7) is 5.12. The van der Waals surface area contributed by atoms with Crippen molar-refractivity contribution < 1.29 is 14.6 Å². The van der Waals surface area contributed by atoms with Crippen LogP contribution in [0.1, 0.15) is 25.3 Å². The molecule has 1 N–H and O–H groups in total. The van der Waals surface area contributed by atoms with Crippen molar-refractivity contribution >= 4 is 15.9 Å².